The highest BCUT2D eigenvalue weighted by atomic mass is 32.1. The van der Waals surface area contributed by atoms with Gasteiger partial charge in [0.25, 0.3) is 0 Å². The van der Waals surface area contributed by atoms with E-state index in [4.69, 9.17) is 9.47 Å². The Balaban J connectivity index is 1.32. The van der Waals surface area contributed by atoms with Crippen LogP contribution in [-0.2, 0) is 10.8 Å². The number of aldehydes is 1. The molecule has 0 saturated heterocycles. The fraction of sp³-hybridized carbons (Fsp3) is 0.581. The first-order valence-corrected chi connectivity index (χ1v) is 41.6. The summed E-state index contributed by atoms with van der Waals surface area (Å²) in [7, 11) is 0. The summed E-state index contributed by atoms with van der Waals surface area (Å²) in [6.07, 6.45) is 33.9. The zero-order valence-electron chi connectivity index (χ0n) is 61.4. The van der Waals surface area contributed by atoms with Gasteiger partial charge in [-0.25, -0.2) is 8.78 Å². The van der Waals surface area contributed by atoms with Crippen molar-refractivity contribution in [3.63, 3.8) is 0 Å². The minimum atomic E-state index is -1.16. The van der Waals surface area contributed by atoms with Crippen LogP contribution in [0.4, 0.5) is 8.78 Å². The first-order chi connectivity index (χ1) is 47.6. The normalized spacial score (nSPS) is 18.2. The molecule has 9 rings (SSSR count). The second kappa shape index (κ2) is 35.9. The number of nitriles is 2. The van der Waals surface area contributed by atoms with E-state index in [1.807, 2.05) is 34.8 Å². The van der Waals surface area contributed by atoms with Crippen LogP contribution in [0.15, 0.2) is 59.7 Å². The van der Waals surface area contributed by atoms with Crippen LogP contribution in [0.1, 0.15) is 316 Å². The Morgan fingerprint density at radius 1 is 0.449 bits per heavy atom. The number of nitrogens with zero attached hydrogens (tertiary/aromatic N) is 2. The van der Waals surface area contributed by atoms with Gasteiger partial charge < -0.3 is 9.47 Å². The van der Waals surface area contributed by atoms with E-state index < -0.39 is 22.8 Å². The molecule has 4 heterocycles. The van der Waals surface area contributed by atoms with Crippen molar-refractivity contribution >= 4 is 69.1 Å². The zero-order valence-corrected chi connectivity index (χ0v) is 64.6. The highest BCUT2D eigenvalue weighted by Crippen LogP contribution is 2.65. The van der Waals surface area contributed by atoms with E-state index in [2.05, 4.69) is 119 Å². The number of hydrogen-bond donors (Lipinski definition) is 0. The summed E-state index contributed by atoms with van der Waals surface area (Å²) in [5.74, 6) is 1.61. The van der Waals surface area contributed by atoms with Crippen molar-refractivity contribution in [2.75, 3.05) is 13.2 Å². The lowest BCUT2D eigenvalue weighted by atomic mass is 9.65. The number of hydrogen-bond acceptors (Lipinski definition) is 10. The van der Waals surface area contributed by atoms with Crippen LogP contribution in [-0.4, -0.2) is 25.3 Å². The van der Waals surface area contributed by atoms with Crippen molar-refractivity contribution in [2.24, 2.45) is 35.5 Å². The van der Waals surface area contributed by atoms with E-state index >= 15 is 8.78 Å². The topological polar surface area (TPSA) is 100 Å². The maximum atomic E-state index is 15.1. The molecule has 0 radical (unpaired) electrons. The number of Topliss-reactive ketones (excluding diaryl/α,β-unsaturated/α-hetero) is 1. The molecule has 2 aromatic carbocycles. The monoisotopic (exact) mass is 1400 g/mol. The van der Waals surface area contributed by atoms with Crippen molar-refractivity contribution in [2.45, 2.75) is 274 Å². The molecule has 6 atom stereocenters. The standard InChI is InChI=1S/C86H112F2N2O4S4/c1-13-25-31-55(19-7)46-85(47-56(20-8)32-26-14-2)69-38-62(37-68-79(61(50-89)51-90)64-40-73(87)74(88)41-65(64)80(68)92)95-81(69)83-71(85)44-77(97-83)66-42-76(94-54-60(24-12)36-30-18-6)67(43-75(66)93-53-59(23-11)35-29-17-5)78-45-72-84(98-78)82-70(39-63(52-91)96-82)86(72,48-57(21-9)33-27-15-3)49-58(22-10)34-28-16-4/h37-45,52,55-60H,13-36,46-49,53-54H2,1-12H3/b68-37-. The van der Waals surface area contributed by atoms with Gasteiger partial charge in [-0.2, -0.15) is 10.5 Å². The van der Waals surface area contributed by atoms with Gasteiger partial charge in [-0.15, -0.1) is 45.3 Å². The van der Waals surface area contributed by atoms with Gasteiger partial charge in [-0.3, -0.25) is 9.59 Å². The smallest absolute Gasteiger partial charge is 0.194 e. The van der Waals surface area contributed by atoms with Gasteiger partial charge in [0.1, 0.15) is 29.2 Å². The van der Waals surface area contributed by atoms with Gasteiger partial charge in [0.15, 0.2) is 23.7 Å². The predicted octanol–water partition coefficient (Wildman–Crippen LogP) is 27.6. The molecule has 6 nitrogen and oxygen atoms in total. The van der Waals surface area contributed by atoms with Gasteiger partial charge in [0.05, 0.1) is 18.1 Å². The van der Waals surface area contributed by atoms with Crippen molar-refractivity contribution in [1.29, 1.82) is 10.5 Å². The Morgan fingerprint density at radius 2 is 0.786 bits per heavy atom. The molecular formula is C86H112F2N2O4S4. The molecule has 3 aliphatic carbocycles. The van der Waals surface area contributed by atoms with Gasteiger partial charge in [0, 0.05) is 72.8 Å². The van der Waals surface area contributed by atoms with Gasteiger partial charge in [-0.1, -0.05) is 224 Å². The van der Waals surface area contributed by atoms with Gasteiger partial charge in [0.2, 0.25) is 0 Å². The molecule has 0 aliphatic heterocycles. The highest BCUT2D eigenvalue weighted by molar-refractivity contribution is 7.25. The fourth-order valence-electron chi connectivity index (χ4n) is 16.6. The van der Waals surface area contributed by atoms with Crippen LogP contribution in [0.2, 0.25) is 0 Å². The van der Waals surface area contributed by atoms with Crippen LogP contribution in [0.25, 0.3) is 52.0 Å². The van der Waals surface area contributed by atoms with E-state index in [0.717, 1.165) is 202 Å². The van der Waals surface area contributed by atoms with Crippen molar-refractivity contribution in [3.8, 4) is 64.0 Å². The number of unbranched alkanes of at least 4 members (excludes halogenated alkanes) is 6. The molecule has 3 aliphatic rings. The number of carbonyl (C=O) groups is 2. The molecule has 0 N–H and O–H groups in total. The summed E-state index contributed by atoms with van der Waals surface area (Å²) in [5.41, 5.74) is 6.73. The van der Waals surface area contributed by atoms with Crippen LogP contribution >= 0.6 is 45.3 Å². The molecule has 6 aromatic rings. The maximum absolute atomic E-state index is 15.1. The molecule has 0 saturated carbocycles. The van der Waals surface area contributed by atoms with Gasteiger partial charge >= 0.3 is 0 Å². The summed E-state index contributed by atoms with van der Waals surface area (Å²) >= 11 is 7.04. The number of fused-ring (bicyclic) bond motifs is 7. The maximum Gasteiger partial charge on any atom is 0.194 e. The Kier molecular flexibility index (Phi) is 28.1. The minimum absolute atomic E-state index is 0.0450. The lowest BCUT2D eigenvalue weighted by molar-refractivity contribution is 0.104. The summed E-state index contributed by atoms with van der Waals surface area (Å²) < 4.78 is 45.2. The SMILES string of the molecule is CCCCC(CC)COc1cc(-c2cc3c(s2)-c2sc(/C=C4\C(=O)c5cc(F)c(F)cc5C4=C(C#N)C#N)cc2C3(CC(CC)CCCC)CC(CC)CCCC)c(OCC(CC)CCCC)cc1-c1cc2c(s1)-c1sc(C=O)cc1C2(CC(CC)CCCC)CC(CC)CCCC. The van der Waals surface area contributed by atoms with Crippen LogP contribution < -0.4 is 9.47 Å². The van der Waals surface area contributed by atoms with E-state index in [9.17, 15) is 20.1 Å². The number of ether oxygens (including phenoxy) is 2. The lowest BCUT2D eigenvalue weighted by Gasteiger charge is -2.37. The Hall–Kier alpha value is -5.50. The molecule has 0 bridgehead atoms. The number of thiophene rings is 4. The zero-order chi connectivity index (χ0) is 70.3. The number of halogens is 2. The molecule has 0 spiro atoms. The summed E-state index contributed by atoms with van der Waals surface area (Å²) in [6, 6.07) is 20.2. The van der Waals surface area contributed by atoms with Crippen molar-refractivity contribution in [3.05, 3.63) is 114 Å². The number of carbonyl (C=O) groups excluding carboxylic acids is 2. The second-order valence-electron chi connectivity index (χ2n) is 29.2. The van der Waals surface area contributed by atoms with Gasteiger partial charge in [-0.05, 0) is 156 Å². The minimum Gasteiger partial charge on any atom is -0.493 e. The van der Waals surface area contributed by atoms with E-state index in [-0.39, 0.29) is 33.3 Å². The number of rotatable bonds is 42. The summed E-state index contributed by atoms with van der Waals surface area (Å²) in [5, 5.41) is 20.7. The Morgan fingerprint density at radius 3 is 1.14 bits per heavy atom. The Bertz CT molecular complexity index is 3790. The Labute approximate surface area is 604 Å². The molecule has 0 amide bonds. The van der Waals surface area contributed by atoms with Crippen molar-refractivity contribution in [1.82, 2.24) is 0 Å². The molecule has 98 heavy (non-hydrogen) atoms. The van der Waals surface area contributed by atoms with Crippen LogP contribution in [0.5, 0.6) is 11.5 Å². The van der Waals surface area contributed by atoms with E-state index in [1.165, 1.54) is 80.3 Å². The average molecular weight is 1400 g/mol. The first kappa shape index (κ1) is 76.7. The molecule has 528 valence electrons. The highest BCUT2D eigenvalue weighted by Gasteiger charge is 2.50. The molecular weight excluding hydrogens is 1290 g/mol. The van der Waals surface area contributed by atoms with Crippen LogP contribution in [0.3, 0.4) is 0 Å². The van der Waals surface area contributed by atoms with Crippen molar-refractivity contribution < 1.29 is 27.8 Å². The molecule has 4 aromatic heterocycles. The summed E-state index contributed by atoms with van der Waals surface area (Å²) in [6.45, 7) is 29.0. The quantitative estimate of drug-likeness (QED) is 0.0215. The third-order valence-corrected chi connectivity index (χ3v) is 27.6. The fourth-order valence-corrected chi connectivity index (χ4v) is 21.8. The lowest BCUT2D eigenvalue weighted by Crippen LogP contribution is -2.31. The number of allylic oxidation sites excluding steroid dienone is 3. The van der Waals surface area contributed by atoms with E-state index in [1.54, 1.807) is 28.7 Å². The first-order valence-electron chi connectivity index (χ1n) is 38.4. The average Bonchev–Trinajstić information content (AvgIpc) is 1.55. The number of ketones is 1. The third kappa shape index (κ3) is 16.4. The summed E-state index contributed by atoms with van der Waals surface area (Å²) in [4.78, 5) is 36.5. The largest absolute Gasteiger partial charge is 0.493 e. The number of benzene rings is 2. The van der Waals surface area contributed by atoms with Crippen LogP contribution in [0, 0.1) is 69.8 Å². The third-order valence-electron chi connectivity index (χ3n) is 22.8. The molecule has 12 heteroatoms. The second-order valence-corrected chi connectivity index (χ2v) is 33.5. The predicted molar refractivity (Wildman–Crippen MR) is 413 cm³/mol. The molecule has 0 fully saturated rings. The molecule has 6 unspecified atom stereocenters. The van der Waals surface area contributed by atoms with E-state index in [0.29, 0.717) is 48.7 Å².